The normalized spacial score (nSPS) is 17.8. The fourth-order valence-electron chi connectivity index (χ4n) is 2.09. The van der Waals surface area contributed by atoms with E-state index in [4.69, 9.17) is 11.6 Å². The summed E-state index contributed by atoms with van der Waals surface area (Å²) in [5.41, 5.74) is 0. The molecule has 1 fully saturated rings. The van der Waals surface area contributed by atoms with Gasteiger partial charge in [-0.15, -0.1) is 0 Å². The van der Waals surface area contributed by atoms with Gasteiger partial charge in [0.05, 0.1) is 4.90 Å². The first-order chi connectivity index (χ1) is 9.43. The number of hydrogen-bond acceptors (Lipinski definition) is 3. The molecule has 0 saturated carbocycles. The number of amides is 1. The van der Waals surface area contributed by atoms with E-state index in [-0.39, 0.29) is 16.5 Å². The largest absolute Gasteiger partial charge is 0.344 e. The van der Waals surface area contributed by atoms with Crippen LogP contribution in [0.2, 0.25) is 5.02 Å². The number of rotatable bonds is 3. The zero-order chi connectivity index (χ0) is 14.8. The number of carbonyl (C=O) groups is 1. The molecule has 0 atom stereocenters. The molecule has 1 aliphatic rings. The topological polar surface area (TPSA) is 57.7 Å². The van der Waals surface area contributed by atoms with Crippen LogP contribution in [0.3, 0.4) is 0 Å². The minimum absolute atomic E-state index is 0.0351. The molecule has 1 saturated heterocycles. The van der Waals surface area contributed by atoms with E-state index in [1.807, 2.05) is 0 Å². The van der Waals surface area contributed by atoms with Gasteiger partial charge in [-0.1, -0.05) is 11.6 Å². The molecular weight excluding hydrogens is 307 g/mol. The highest BCUT2D eigenvalue weighted by atomic mass is 35.5. The van der Waals surface area contributed by atoms with Crippen LogP contribution in [0, 0.1) is 5.82 Å². The van der Waals surface area contributed by atoms with Crippen LogP contribution in [-0.4, -0.2) is 50.2 Å². The molecule has 20 heavy (non-hydrogen) atoms. The Bertz CT molecular complexity index is 588. The summed E-state index contributed by atoms with van der Waals surface area (Å²) in [4.78, 5) is 12.1. The van der Waals surface area contributed by atoms with Crippen molar-refractivity contribution < 1.29 is 17.6 Å². The van der Waals surface area contributed by atoms with Gasteiger partial charge in [-0.2, -0.15) is 4.31 Å². The van der Waals surface area contributed by atoms with Crippen LogP contribution >= 0.6 is 11.6 Å². The van der Waals surface area contributed by atoms with Crippen molar-refractivity contribution in [2.24, 2.45) is 0 Å². The highest BCUT2D eigenvalue weighted by molar-refractivity contribution is 7.89. The molecule has 0 radical (unpaired) electrons. The molecule has 0 bridgehead atoms. The van der Waals surface area contributed by atoms with Gasteiger partial charge in [-0.3, -0.25) is 4.79 Å². The van der Waals surface area contributed by atoms with Gasteiger partial charge >= 0.3 is 0 Å². The monoisotopic (exact) mass is 320 g/mol. The minimum atomic E-state index is -3.80. The Balaban J connectivity index is 2.27. The first-order valence-corrected chi connectivity index (χ1v) is 7.91. The van der Waals surface area contributed by atoms with Crippen LogP contribution < -0.4 is 0 Å². The number of hydrogen-bond donors (Lipinski definition) is 0. The summed E-state index contributed by atoms with van der Waals surface area (Å²) >= 11 is 5.70. The van der Waals surface area contributed by atoms with Gasteiger partial charge in [0.15, 0.2) is 0 Å². The minimum Gasteiger partial charge on any atom is -0.344 e. The Kier molecular flexibility index (Phi) is 4.62. The van der Waals surface area contributed by atoms with Crippen molar-refractivity contribution >= 4 is 28.0 Å². The fraction of sp³-hybridized carbons (Fsp3) is 0.417. The summed E-state index contributed by atoms with van der Waals surface area (Å²) in [6.45, 7) is 1.32. The lowest BCUT2D eigenvalue weighted by atomic mass is 10.3. The molecule has 1 aliphatic heterocycles. The van der Waals surface area contributed by atoms with Crippen LogP contribution in [0.4, 0.5) is 4.39 Å². The summed E-state index contributed by atoms with van der Waals surface area (Å²) < 4.78 is 39.4. The van der Waals surface area contributed by atoms with E-state index in [1.165, 1.54) is 15.3 Å². The standard InChI is InChI=1S/C12H14ClFN2O3S/c13-10-6-11(14)8-12(7-10)20(18,19)16-3-1-2-15(9-17)4-5-16/h6-9H,1-5H2. The molecule has 2 rings (SSSR count). The van der Waals surface area contributed by atoms with Gasteiger partial charge in [0.25, 0.3) is 0 Å². The number of carbonyl (C=O) groups excluding carboxylic acids is 1. The van der Waals surface area contributed by atoms with Crippen molar-refractivity contribution in [2.75, 3.05) is 26.2 Å². The second kappa shape index (κ2) is 6.07. The van der Waals surface area contributed by atoms with Gasteiger partial charge in [-0.05, 0) is 24.6 Å². The molecule has 0 aromatic heterocycles. The Hall–Kier alpha value is -1.18. The Morgan fingerprint density at radius 3 is 2.55 bits per heavy atom. The Morgan fingerprint density at radius 2 is 1.90 bits per heavy atom. The molecule has 8 heteroatoms. The molecule has 1 amide bonds. The van der Waals surface area contributed by atoms with Gasteiger partial charge in [0, 0.05) is 31.2 Å². The predicted molar refractivity (Wildman–Crippen MR) is 72.4 cm³/mol. The molecule has 1 heterocycles. The van der Waals surface area contributed by atoms with Crippen LogP contribution in [0.5, 0.6) is 0 Å². The van der Waals surface area contributed by atoms with E-state index in [1.54, 1.807) is 0 Å². The number of sulfonamides is 1. The van der Waals surface area contributed by atoms with Gasteiger partial charge in [0.1, 0.15) is 5.82 Å². The van der Waals surface area contributed by atoms with Crippen molar-refractivity contribution in [3.63, 3.8) is 0 Å². The van der Waals surface area contributed by atoms with Gasteiger partial charge < -0.3 is 4.90 Å². The first kappa shape index (κ1) is 15.2. The van der Waals surface area contributed by atoms with Crippen LogP contribution in [-0.2, 0) is 14.8 Å². The van der Waals surface area contributed by atoms with E-state index in [9.17, 15) is 17.6 Å². The zero-order valence-corrected chi connectivity index (χ0v) is 12.2. The number of halogens is 2. The predicted octanol–water partition coefficient (Wildman–Crippen LogP) is 1.33. The average Bonchev–Trinajstić information content (AvgIpc) is 2.63. The average molecular weight is 321 g/mol. The third-order valence-corrected chi connectivity index (χ3v) is 5.21. The second-order valence-corrected chi connectivity index (χ2v) is 6.88. The molecule has 1 aromatic rings. The van der Waals surface area contributed by atoms with E-state index < -0.39 is 15.8 Å². The quantitative estimate of drug-likeness (QED) is 0.790. The van der Waals surface area contributed by atoms with Crippen molar-refractivity contribution in [1.29, 1.82) is 0 Å². The molecule has 0 aliphatic carbocycles. The Morgan fingerprint density at radius 1 is 1.15 bits per heavy atom. The maximum atomic E-state index is 13.3. The van der Waals surface area contributed by atoms with Crippen molar-refractivity contribution in [1.82, 2.24) is 9.21 Å². The lowest BCUT2D eigenvalue weighted by Gasteiger charge is -2.20. The van der Waals surface area contributed by atoms with Crippen molar-refractivity contribution in [3.05, 3.63) is 29.0 Å². The SMILES string of the molecule is O=CN1CCCN(S(=O)(=O)c2cc(F)cc(Cl)c2)CC1. The molecule has 110 valence electrons. The van der Waals surface area contributed by atoms with E-state index in [0.29, 0.717) is 32.5 Å². The Labute approximate surface area is 122 Å². The lowest BCUT2D eigenvalue weighted by Crippen LogP contribution is -2.35. The summed E-state index contributed by atoms with van der Waals surface area (Å²) in [5.74, 6) is -0.694. The third kappa shape index (κ3) is 3.28. The van der Waals surface area contributed by atoms with Gasteiger partial charge in [0.2, 0.25) is 16.4 Å². The zero-order valence-electron chi connectivity index (χ0n) is 10.6. The maximum Gasteiger partial charge on any atom is 0.243 e. The number of nitrogens with zero attached hydrogens (tertiary/aromatic N) is 2. The fourth-order valence-corrected chi connectivity index (χ4v) is 3.90. The summed E-state index contributed by atoms with van der Waals surface area (Å²) in [6.07, 6.45) is 1.25. The summed E-state index contributed by atoms with van der Waals surface area (Å²) in [5, 5.41) is 0.0351. The summed E-state index contributed by atoms with van der Waals surface area (Å²) in [7, 11) is -3.80. The third-order valence-electron chi connectivity index (χ3n) is 3.11. The lowest BCUT2D eigenvalue weighted by molar-refractivity contribution is -0.118. The maximum absolute atomic E-state index is 13.3. The van der Waals surface area contributed by atoms with Crippen molar-refractivity contribution in [3.8, 4) is 0 Å². The highest BCUT2D eigenvalue weighted by Crippen LogP contribution is 2.22. The van der Waals surface area contributed by atoms with Crippen LogP contribution in [0.15, 0.2) is 23.1 Å². The number of benzene rings is 1. The molecule has 5 nitrogen and oxygen atoms in total. The molecule has 0 unspecified atom stereocenters. The first-order valence-electron chi connectivity index (χ1n) is 6.09. The van der Waals surface area contributed by atoms with E-state index in [0.717, 1.165) is 12.1 Å². The van der Waals surface area contributed by atoms with E-state index >= 15 is 0 Å². The van der Waals surface area contributed by atoms with Gasteiger partial charge in [-0.25, -0.2) is 12.8 Å². The molecular formula is C12H14ClFN2O3S. The molecule has 1 aromatic carbocycles. The highest BCUT2D eigenvalue weighted by Gasteiger charge is 2.27. The van der Waals surface area contributed by atoms with Crippen LogP contribution in [0.25, 0.3) is 0 Å². The molecule has 0 N–H and O–H groups in total. The van der Waals surface area contributed by atoms with Crippen LogP contribution in [0.1, 0.15) is 6.42 Å². The smallest absolute Gasteiger partial charge is 0.243 e. The summed E-state index contributed by atoms with van der Waals surface area (Å²) in [6, 6.07) is 3.23. The molecule has 0 spiro atoms. The second-order valence-electron chi connectivity index (χ2n) is 4.50. The van der Waals surface area contributed by atoms with Crippen molar-refractivity contribution in [2.45, 2.75) is 11.3 Å². The van der Waals surface area contributed by atoms with E-state index in [2.05, 4.69) is 0 Å².